The third-order valence-electron chi connectivity index (χ3n) is 3.85. The zero-order chi connectivity index (χ0) is 16.8. The molecule has 22 heavy (non-hydrogen) atoms. The largest absolute Gasteiger partial charge is 0.391 e. The Bertz CT molecular complexity index is 497. The summed E-state index contributed by atoms with van der Waals surface area (Å²) < 4.78 is 0. The fraction of sp³-hybridized carbons (Fsp3) is 0.556. The Kier molecular flexibility index (Phi) is 6.60. The molecule has 0 unspecified atom stereocenters. The van der Waals surface area contributed by atoms with Gasteiger partial charge >= 0.3 is 0 Å². The molecule has 0 atom stereocenters. The average Bonchev–Trinajstić information content (AvgIpc) is 2.43. The minimum atomic E-state index is -0.222. The van der Waals surface area contributed by atoms with Crippen molar-refractivity contribution in [1.82, 2.24) is 10.6 Å². The molecule has 0 radical (unpaired) electrons. The summed E-state index contributed by atoms with van der Waals surface area (Å²) in [5.41, 5.74) is 2.18. The topological polar surface area (TPSA) is 58.2 Å². The minimum absolute atomic E-state index is 0.0655. The highest BCUT2D eigenvalue weighted by Gasteiger charge is 2.35. The fourth-order valence-corrected chi connectivity index (χ4v) is 2.45. The van der Waals surface area contributed by atoms with E-state index in [2.05, 4.69) is 17.6 Å². The Morgan fingerprint density at radius 1 is 1.05 bits per heavy atom. The van der Waals surface area contributed by atoms with E-state index in [1.54, 1.807) is 6.20 Å². The Balaban J connectivity index is 2.85. The summed E-state index contributed by atoms with van der Waals surface area (Å²) in [6.07, 6.45) is 8.15. The van der Waals surface area contributed by atoms with Gasteiger partial charge in [0, 0.05) is 37.5 Å². The molecule has 1 aliphatic carbocycles. The van der Waals surface area contributed by atoms with Crippen molar-refractivity contribution in [2.24, 2.45) is 5.41 Å². The molecule has 0 spiro atoms. The van der Waals surface area contributed by atoms with Crippen LogP contribution in [0, 0.1) is 5.41 Å². The second kappa shape index (κ2) is 7.97. The van der Waals surface area contributed by atoms with Gasteiger partial charge in [0.05, 0.1) is 5.57 Å². The third kappa shape index (κ3) is 5.17. The molecular weight excluding hydrogens is 276 g/mol. The Hall–Kier alpha value is -1.84. The van der Waals surface area contributed by atoms with E-state index in [-0.39, 0.29) is 17.0 Å². The minimum Gasteiger partial charge on any atom is -0.391 e. The normalized spacial score (nSPS) is 19.2. The van der Waals surface area contributed by atoms with Gasteiger partial charge in [-0.05, 0) is 30.4 Å². The van der Waals surface area contributed by atoms with E-state index in [1.807, 2.05) is 40.0 Å². The molecule has 4 nitrogen and oxygen atoms in total. The number of Topliss-reactive ketones (excluding diaryl/α,β-unsaturated/α-hetero) is 2. The lowest BCUT2D eigenvalue weighted by atomic mass is 9.74. The molecule has 122 valence electrons. The van der Waals surface area contributed by atoms with Gasteiger partial charge in [0.15, 0.2) is 11.6 Å². The molecule has 1 saturated carbocycles. The zero-order valence-electron chi connectivity index (χ0n) is 14.4. The number of nitrogens with one attached hydrogen (secondary N) is 2. The summed E-state index contributed by atoms with van der Waals surface area (Å²) in [5.74, 6) is -0.131. The molecule has 0 bridgehead atoms. The highest BCUT2D eigenvalue weighted by atomic mass is 16.1. The van der Waals surface area contributed by atoms with E-state index in [0.29, 0.717) is 18.4 Å². The van der Waals surface area contributed by atoms with Gasteiger partial charge < -0.3 is 10.6 Å². The molecule has 1 aliphatic rings. The summed E-state index contributed by atoms with van der Waals surface area (Å²) in [6.45, 7) is 8.03. The summed E-state index contributed by atoms with van der Waals surface area (Å²) >= 11 is 0. The highest BCUT2D eigenvalue weighted by Crippen LogP contribution is 2.33. The van der Waals surface area contributed by atoms with Crippen molar-refractivity contribution in [3.8, 4) is 0 Å². The number of hydrogen-bond donors (Lipinski definition) is 2. The number of ketones is 2. The lowest BCUT2D eigenvalue weighted by Gasteiger charge is -2.28. The van der Waals surface area contributed by atoms with E-state index < -0.39 is 0 Å². The van der Waals surface area contributed by atoms with Gasteiger partial charge in [-0.3, -0.25) is 9.59 Å². The predicted molar refractivity (Wildman–Crippen MR) is 90.1 cm³/mol. The third-order valence-corrected chi connectivity index (χ3v) is 3.85. The van der Waals surface area contributed by atoms with Gasteiger partial charge in [0.1, 0.15) is 0 Å². The van der Waals surface area contributed by atoms with Crippen LogP contribution in [0.15, 0.2) is 35.3 Å². The number of carbonyl (C=O) groups excluding carboxylic acids is 2. The molecule has 0 aliphatic heterocycles. The molecule has 0 aromatic rings. The van der Waals surface area contributed by atoms with Crippen molar-refractivity contribution in [1.29, 1.82) is 0 Å². The zero-order valence-corrected chi connectivity index (χ0v) is 14.4. The highest BCUT2D eigenvalue weighted by molar-refractivity contribution is 6.22. The first kappa shape index (κ1) is 18.2. The number of carbonyl (C=O) groups is 2. The average molecular weight is 304 g/mol. The molecule has 0 heterocycles. The number of hydrogen-bond acceptors (Lipinski definition) is 4. The fourth-order valence-electron chi connectivity index (χ4n) is 2.45. The van der Waals surface area contributed by atoms with Crippen LogP contribution < -0.4 is 10.6 Å². The monoisotopic (exact) mass is 304 g/mol. The molecule has 2 N–H and O–H groups in total. The van der Waals surface area contributed by atoms with Crippen LogP contribution in [0.3, 0.4) is 0 Å². The molecule has 4 heteroatoms. The van der Waals surface area contributed by atoms with Gasteiger partial charge in [-0.1, -0.05) is 27.7 Å². The van der Waals surface area contributed by atoms with Crippen LogP contribution >= 0.6 is 0 Å². The molecule has 1 rings (SSSR count). The van der Waals surface area contributed by atoms with Crippen LogP contribution in [0.25, 0.3) is 0 Å². The van der Waals surface area contributed by atoms with Gasteiger partial charge in [0.2, 0.25) is 0 Å². The van der Waals surface area contributed by atoms with Gasteiger partial charge in [-0.2, -0.15) is 0 Å². The Morgan fingerprint density at radius 2 is 1.55 bits per heavy atom. The molecular formula is C18H28N2O2. The van der Waals surface area contributed by atoms with Gasteiger partial charge in [-0.25, -0.2) is 0 Å². The molecule has 0 aromatic carbocycles. The molecule has 0 saturated heterocycles. The van der Waals surface area contributed by atoms with Crippen LogP contribution in [-0.2, 0) is 9.59 Å². The van der Waals surface area contributed by atoms with E-state index in [9.17, 15) is 9.59 Å². The quantitative estimate of drug-likeness (QED) is 0.449. The predicted octanol–water partition coefficient (Wildman–Crippen LogP) is 3.23. The first-order chi connectivity index (χ1) is 10.3. The van der Waals surface area contributed by atoms with Gasteiger partial charge in [0.25, 0.3) is 0 Å². The maximum atomic E-state index is 12.1. The number of allylic oxidation sites excluding steroid dienone is 5. The summed E-state index contributed by atoms with van der Waals surface area (Å²) in [7, 11) is 1.89. The maximum Gasteiger partial charge on any atom is 0.168 e. The number of rotatable bonds is 6. The van der Waals surface area contributed by atoms with E-state index in [4.69, 9.17) is 0 Å². The summed E-state index contributed by atoms with van der Waals surface area (Å²) in [4.78, 5) is 24.2. The first-order valence-electron chi connectivity index (χ1n) is 7.93. The lowest BCUT2D eigenvalue weighted by molar-refractivity contribution is -0.127. The summed E-state index contributed by atoms with van der Waals surface area (Å²) in [5, 5.41) is 6.24. The van der Waals surface area contributed by atoms with E-state index in [1.165, 1.54) is 0 Å². The summed E-state index contributed by atoms with van der Waals surface area (Å²) in [6, 6.07) is 0. The Labute approximate surface area is 133 Å². The van der Waals surface area contributed by atoms with Crippen LogP contribution in [0.1, 0.15) is 53.4 Å². The maximum absolute atomic E-state index is 12.1. The van der Waals surface area contributed by atoms with Crippen molar-refractivity contribution >= 4 is 11.6 Å². The van der Waals surface area contributed by atoms with E-state index >= 15 is 0 Å². The molecule has 0 aromatic heterocycles. The van der Waals surface area contributed by atoms with Crippen LogP contribution in [0.5, 0.6) is 0 Å². The van der Waals surface area contributed by atoms with Crippen LogP contribution in [-0.4, -0.2) is 18.6 Å². The molecule has 0 amide bonds. The van der Waals surface area contributed by atoms with Gasteiger partial charge in [-0.15, -0.1) is 0 Å². The first-order valence-corrected chi connectivity index (χ1v) is 7.93. The van der Waals surface area contributed by atoms with Crippen molar-refractivity contribution in [2.75, 3.05) is 7.05 Å². The molecule has 1 fully saturated rings. The second-order valence-corrected chi connectivity index (χ2v) is 6.41. The standard InChI is InChI=1S/C18H28N2O2/c1-6-13(19-5)8-9-14(7-2)20-12-15-16(21)10-18(3,4)11-17(15)22/h8-9,12,19-20H,6-7,10-11H2,1-5H3/b13-8+,14-9+. The van der Waals surface area contributed by atoms with Crippen molar-refractivity contribution in [3.05, 3.63) is 35.3 Å². The van der Waals surface area contributed by atoms with Crippen molar-refractivity contribution in [3.63, 3.8) is 0 Å². The lowest BCUT2D eigenvalue weighted by Crippen LogP contribution is -2.32. The SMILES string of the molecule is CC/C(=C\C=C(/CC)NC=C1C(=O)CC(C)(C)CC1=O)NC. The smallest absolute Gasteiger partial charge is 0.168 e. The van der Waals surface area contributed by atoms with Crippen LogP contribution in [0.2, 0.25) is 0 Å². The van der Waals surface area contributed by atoms with E-state index in [0.717, 1.165) is 24.2 Å². The Morgan fingerprint density at radius 3 is 2.00 bits per heavy atom. The second-order valence-electron chi connectivity index (χ2n) is 6.41. The van der Waals surface area contributed by atoms with Crippen LogP contribution in [0.4, 0.5) is 0 Å². The van der Waals surface area contributed by atoms with Crippen molar-refractivity contribution in [2.45, 2.75) is 53.4 Å². The van der Waals surface area contributed by atoms with Crippen molar-refractivity contribution < 1.29 is 9.59 Å².